The number of pyridine rings is 1. The number of hydrogen-bond donors (Lipinski definition) is 1. The van der Waals surface area contributed by atoms with Crippen molar-refractivity contribution in [2.24, 2.45) is 0 Å². The third-order valence-electron chi connectivity index (χ3n) is 2.58. The summed E-state index contributed by atoms with van der Waals surface area (Å²) in [6.45, 7) is 0. The maximum Gasteiger partial charge on any atom is 0.455 e. The van der Waals surface area contributed by atoms with E-state index in [4.69, 9.17) is 10.5 Å². The van der Waals surface area contributed by atoms with Gasteiger partial charge in [-0.05, 0) is 6.07 Å². The Kier molecular flexibility index (Phi) is 3.05. The van der Waals surface area contributed by atoms with Gasteiger partial charge in [-0.25, -0.2) is 4.98 Å². The number of carbonyl (C=O) groups excluding carboxylic acids is 1. The molecule has 7 heteroatoms. The molecule has 0 saturated heterocycles. The summed E-state index contributed by atoms with van der Waals surface area (Å²) in [5.74, 6) is -2.50. The smallest absolute Gasteiger partial charge is 0.455 e. The van der Waals surface area contributed by atoms with E-state index in [1.807, 2.05) is 0 Å². The van der Waals surface area contributed by atoms with Gasteiger partial charge in [0.2, 0.25) is 5.88 Å². The van der Waals surface area contributed by atoms with Crippen LogP contribution in [0.15, 0.2) is 24.3 Å². The Hall–Kier alpha value is -2.31. The zero-order chi connectivity index (χ0) is 14.2. The molecule has 2 aromatic rings. The summed E-state index contributed by atoms with van der Waals surface area (Å²) in [4.78, 5) is 15.3. The summed E-state index contributed by atoms with van der Waals surface area (Å²) in [5.41, 5.74) is 4.97. The van der Waals surface area contributed by atoms with Crippen LogP contribution >= 0.6 is 0 Å². The second kappa shape index (κ2) is 4.42. The van der Waals surface area contributed by atoms with Crippen molar-refractivity contribution in [3.8, 4) is 5.88 Å². The normalized spacial score (nSPS) is 11.6. The number of nitrogen functional groups attached to an aromatic ring is 1. The third kappa shape index (κ3) is 2.18. The molecule has 1 aromatic heterocycles. The highest BCUT2D eigenvalue weighted by Crippen LogP contribution is 2.34. The van der Waals surface area contributed by atoms with Gasteiger partial charge in [0.1, 0.15) is 5.56 Å². The Balaban J connectivity index is 2.79. The Morgan fingerprint density at radius 1 is 1.32 bits per heavy atom. The van der Waals surface area contributed by atoms with Crippen molar-refractivity contribution in [1.29, 1.82) is 0 Å². The minimum atomic E-state index is -5.04. The fourth-order valence-corrected chi connectivity index (χ4v) is 1.72. The highest BCUT2D eigenvalue weighted by Gasteiger charge is 2.42. The topological polar surface area (TPSA) is 65.2 Å². The zero-order valence-electron chi connectivity index (χ0n) is 9.78. The number of methoxy groups -OCH3 is 1. The van der Waals surface area contributed by atoms with Crippen LogP contribution < -0.4 is 10.5 Å². The molecule has 2 rings (SSSR count). The average molecular weight is 270 g/mol. The summed E-state index contributed by atoms with van der Waals surface area (Å²) < 4.78 is 42.4. The Labute approximate surface area is 106 Å². The van der Waals surface area contributed by atoms with E-state index in [9.17, 15) is 18.0 Å². The van der Waals surface area contributed by atoms with Crippen LogP contribution in [0, 0.1) is 0 Å². The van der Waals surface area contributed by atoms with Gasteiger partial charge < -0.3 is 10.5 Å². The molecule has 1 heterocycles. The number of hydrogen-bond acceptors (Lipinski definition) is 4. The summed E-state index contributed by atoms with van der Waals surface area (Å²) >= 11 is 0. The van der Waals surface area contributed by atoms with Crippen molar-refractivity contribution in [2.45, 2.75) is 6.18 Å². The highest BCUT2D eigenvalue weighted by atomic mass is 19.4. The van der Waals surface area contributed by atoms with Gasteiger partial charge in [0.15, 0.2) is 0 Å². The second-order valence-corrected chi connectivity index (χ2v) is 3.75. The lowest BCUT2D eigenvalue weighted by atomic mass is 10.1. The van der Waals surface area contributed by atoms with Crippen molar-refractivity contribution in [1.82, 2.24) is 4.98 Å². The summed E-state index contributed by atoms with van der Waals surface area (Å²) in [7, 11) is 1.13. The predicted molar refractivity (Wildman–Crippen MR) is 63.1 cm³/mol. The van der Waals surface area contributed by atoms with Crippen LogP contribution in [0.1, 0.15) is 10.4 Å². The molecule has 0 unspecified atom stereocenters. The van der Waals surface area contributed by atoms with Crippen LogP contribution in [0.25, 0.3) is 10.9 Å². The number of benzene rings is 1. The number of ketones is 1. The first kappa shape index (κ1) is 13.1. The predicted octanol–water partition coefficient (Wildman–Crippen LogP) is 2.57. The quantitative estimate of drug-likeness (QED) is 0.852. The Bertz CT molecular complexity index is 653. The van der Waals surface area contributed by atoms with E-state index >= 15 is 0 Å². The van der Waals surface area contributed by atoms with E-state index in [1.54, 1.807) is 18.2 Å². The Morgan fingerprint density at radius 3 is 2.53 bits per heavy atom. The van der Waals surface area contributed by atoms with Gasteiger partial charge >= 0.3 is 6.18 Å². The maximum absolute atomic E-state index is 12.5. The zero-order valence-corrected chi connectivity index (χ0v) is 9.78. The van der Waals surface area contributed by atoms with E-state index in [0.717, 1.165) is 7.11 Å². The van der Waals surface area contributed by atoms with Crippen LogP contribution in [0.2, 0.25) is 0 Å². The number of fused-ring (bicyclic) bond motifs is 1. The van der Waals surface area contributed by atoms with Gasteiger partial charge in [0, 0.05) is 5.39 Å². The van der Waals surface area contributed by atoms with Gasteiger partial charge in [-0.15, -0.1) is 0 Å². The average Bonchev–Trinajstić information content (AvgIpc) is 2.36. The molecule has 0 aliphatic carbocycles. The first-order valence-electron chi connectivity index (χ1n) is 5.20. The molecule has 19 heavy (non-hydrogen) atoms. The van der Waals surface area contributed by atoms with Gasteiger partial charge in [0.25, 0.3) is 5.78 Å². The standard InChI is InChI=1S/C12H9F3N2O2/c1-19-11-8(10(18)12(13,14)15)9(16)6-4-2-3-5-7(6)17-11/h2-5H,1H3,(H2,16,17). The molecule has 2 N–H and O–H groups in total. The fourth-order valence-electron chi connectivity index (χ4n) is 1.72. The van der Waals surface area contributed by atoms with Crippen molar-refractivity contribution >= 4 is 22.4 Å². The number of nitrogens with zero attached hydrogens (tertiary/aromatic N) is 1. The fraction of sp³-hybridized carbons (Fsp3) is 0.167. The molecule has 1 aromatic carbocycles. The molecule has 0 bridgehead atoms. The molecule has 4 nitrogen and oxygen atoms in total. The van der Waals surface area contributed by atoms with Gasteiger partial charge in [-0.1, -0.05) is 18.2 Å². The van der Waals surface area contributed by atoms with E-state index in [2.05, 4.69) is 4.98 Å². The molecular weight excluding hydrogens is 261 g/mol. The summed E-state index contributed by atoms with van der Waals surface area (Å²) in [6, 6.07) is 6.30. The van der Waals surface area contributed by atoms with E-state index in [1.165, 1.54) is 6.07 Å². The molecule has 0 aliphatic heterocycles. The molecule has 0 aliphatic rings. The monoisotopic (exact) mass is 270 g/mol. The van der Waals surface area contributed by atoms with Crippen molar-refractivity contribution in [2.75, 3.05) is 12.8 Å². The van der Waals surface area contributed by atoms with Crippen molar-refractivity contribution in [3.63, 3.8) is 0 Å². The van der Waals surface area contributed by atoms with E-state index in [0.29, 0.717) is 5.52 Å². The maximum atomic E-state index is 12.5. The van der Waals surface area contributed by atoms with Gasteiger partial charge in [-0.3, -0.25) is 4.79 Å². The first-order chi connectivity index (χ1) is 8.86. The van der Waals surface area contributed by atoms with E-state index in [-0.39, 0.29) is 11.1 Å². The van der Waals surface area contributed by atoms with Crippen molar-refractivity contribution in [3.05, 3.63) is 29.8 Å². The molecule has 100 valence electrons. The molecule has 0 radical (unpaired) electrons. The molecular formula is C12H9F3N2O2. The lowest BCUT2D eigenvalue weighted by Gasteiger charge is -2.13. The number of rotatable bonds is 2. The molecule has 0 amide bonds. The number of anilines is 1. The second-order valence-electron chi connectivity index (χ2n) is 3.75. The number of aromatic nitrogens is 1. The first-order valence-corrected chi connectivity index (χ1v) is 5.20. The minimum absolute atomic E-state index is 0.274. The number of carbonyl (C=O) groups is 1. The Morgan fingerprint density at radius 2 is 1.95 bits per heavy atom. The van der Waals surface area contributed by atoms with Crippen LogP contribution in [-0.2, 0) is 0 Å². The number of ether oxygens (including phenoxy) is 1. The van der Waals surface area contributed by atoms with E-state index < -0.39 is 23.4 Å². The van der Waals surface area contributed by atoms with Crippen LogP contribution in [0.4, 0.5) is 18.9 Å². The van der Waals surface area contributed by atoms with Gasteiger partial charge in [-0.2, -0.15) is 13.2 Å². The molecule has 0 fully saturated rings. The number of Topliss-reactive ketones (excluding diaryl/α,β-unsaturated/α-hetero) is 1. The summed E-state index contributed by atoms with van der Waals surface area (Å²) in [5, 5.41) is 0.274. The third-order valence-corrected chi connectivity index (χ3v) is 2.58. The molecule has 0 spiro atoms. The van der Waals surface area contributed by atoms with Crippen LogP contribution in [-0.4, -0.2) is 24.1 Å². The largest absolute Gasteiger partial charge is 0.480 e. The van der Waals surface area contributed by atoms with Crippen LogP contribution in [0.5, 0.6) is 5.88 Å². The minimum Gasteiger partial charge on any atom is -0.480 e. The number of para-hydroxylation sites is 1. The lowest BCUT2D eigenvalue weighted by Crippen LogP contribution is -2.25. The number of halogens is 3. The highest BCUT2D eigenvalue weighted by molar-refractivity contribution is 6.11. The SMILES string of the molecule is COc1nc2ccccc2c(N)c1C(=O)C(F)(F)F. The number of nitrogens with two attached hydrogens (primary N) is 1. The number of alkyl halides is 3. The van der Waals surface area contributed by atoms with Gasteiger partial charge in [0.05, 0.1) is 18.3 Å². The summed E-state index contributed by atoms with van der Waals surface area (Å²) in [6.07, 6.45) is -5.04. The molecule has 0 atom stereocenters. The molecule has 0 saturated carbocycles. The lowest BCUT2D eigenvalue weighted by molar-refractivity contribution is -0.0886. The van der Waals surface area contributed by atoms with Crippen LogP contribution in [0.3, 0.4) is 0 Å². The van der Waals surface area contributed by atoms with Crippen molar-refractivity contribution < 1.29 is 22.7 Å².